The van der Waals surface area contributed by atoms with Gasteiger partial charge in [-0.1, -0.05) is 0 Å². The van der Waals surface area contributed by atoms with Crippen LogP contribution in [0.4, 0.5) is 0 Å². The third kappa shape index (κ3) is 1.51. The Bertz CT molecular complexity index is 143. The lowest BCUT2D eigenvalue weighted by Gasteiger charge is -2.44. The second-order valence-corrected chi connectivity index (χ2v) is 2.71. The SMILES string of the molecule is CN1C(O)(O)CNCC1(O)O. The molecule has 1 rings (SSSR count). The Hall–Kier alpha value is -0.240. The minimum absolute atomic E-state index is 0.119. The monoisotopic (exact) mass is 164 g/mol. The summed E-state index contributed by atoms with van der Waals surface area (Å²) in [6, 6.07) is 0. The fourth-order valence-corrected chi connectivity index (χ4v) is 0.922. The maximum atomic E-state index is 9.08. The summed E-state index contributed by atoms with van der Waals surface area (Å²) in [5, 5.41) is 38.8. The summed E-state index contributed by atoms with van der Waals surface area (Å²) in [4.78, 5) is 0.677. The van der Waals surface area contributed by atoms with Crippen LogP contribution in [0.2, 0.25) is 0 Å². The smallest absolute Gasteiger partial charge is 0.242 e. The van der Waals surface area contributed by atoms with Crippen molar-refractivity contribution in [2.75, 3.05) is 20.1 Å². The number of rotatable bonds is 0. The Kier molecular flexibility index (Phi) is 1.91. The highest BCUT2D eigenvalue weighted by Gasteiger charge is 2.46. The molecule has 0 aromatic rings. The highest BCUT2D eigenvalue weighted by Crippen LogP contribution is 2.18. The molecule has 6 heteroatoms. The largest absolute Gasteiger partial charge is 0.352 e. The molecule has 1 aliphatic rings. The van der Waals surface area contributed by atoms with Crippen molar-refractivity contribution in [2.24, 2.45) is 0 Å². The minimum atomic E-state index is -2.21. The quantitative estimate of drug-likeness (QED) is 0.242. The molecule has 0 spiro atoms. The third-order valence-electron chi connectivity index (χ3n) is 1.80. The number of nitrogens with zero attached hydrogens (tertiary/aromatic N) is 1. The van der Waals surface area contributed by atoms with Gasteiger partial charge in [0.2, 0.25) is 11.8 Å². The number of piperazine rings is 1. The van der Waals surface area contributed by atoms with Crippen LogP contribution in [0.25, 0.3) is 0 Å². The van der Waals surface area contributed by atoms with Gasteiger partial charge in [0.15, 0.2) is 0 Å². The highest BCUT2D eigenvalue weighted by molar-refractivity contribution is 4.81. The molecule has 11 heavy (non-hydrogen) atoms. The van der Waals surface area contributed by atoms with Crippen LogP contribution in [-0.2, 0) is 0 Å². The van der Waals surface area contributed by atoms with Crippen molar-refractivity contribution in [1.82, 2.24) is 10.2 Å². The van der Waals surface area contributed by atoms with Crippen LogP contribution in [-0.4, -0.2) is 57.3 Å². The molecule has 0 aliphatic carbocycles. The van der Waals surface area contributed by atoms with Gasteiger partial charge >= 0.3 is 0 Å². The van der Waals surface area contributed by atoms with Crippen LogP contribution in [0, 0.1) is 0 Å². The molecule has 0 bridgehead atoms. The van der Waals surface area contributed by atoms with Crippen LogP contribution in [0.15, 0.2) is 0 Å². The van der Waals surface area contributed by atoms with Crippen molar-refractivity contribution in [1.29, 1.82) is 0 Å². The van der Waals surface area contributed by atoms with Crippen molar-refractivity contribution in [3.63, 3.8) is 0 Å². The predicted molar refractivity (Wildman–Crippen MR) is 35.0 cm³/mol. The standard InChI is InChI=1S/C5H12N2O4/c1-7-4(8,9)2-6-3-5(7,10)11/h6,8-11H,2-3H2,1H3. The van der Waals surface area contributed by atoms with Crippen LogP contribution >= 0.6 is 0 Å². The first-order valence-corrected chi connectivity index (χ1v) is 3.20. The van der Waals surface area contributed by atoms with Crippen molar-refractivity contribution in [3.05, 3.63) is 0 Å². The lowest BCUT2D eigenvalue weighted by molar-refractivity contribution is -0.387. The van der Waals surface area contributed by atoms with E-state index < -0.39 is 11.8 Å². The first kappa shape index (κ1) is 8.85. The Morgan fingerprint density at radius 3 is 1.73 bits per heavy atom. The van der Waals surface area contributed by atoms with E-state index in [0.29, 0.717) is 4.90 Å². The van der Waals surface area contributed by atoms with Crippen LogP contribution in [0.5, 0.6) is 0 Å². The molecule has 0 atom stereocenters. The average molecular weight is 164 g/mol. The molecule has 0 aromatic heterocycles. The molecule has 66 valence electrons. The Morgan fingerprint density at radius 1 is 1.09 bits per heavy atom. The second kappa shape index (κ2) is 2.37. The lowest BCUT2D eigenvalue weighted by atomic mass is 10.2. The number of hydrogen-bond acceptors (Lipinski definition) is 6. The fourth-order valence-electron chi connectivity index (χ4n) is 0.922. The van der Waals surface area contributed by atoms with Gasteiger partial charge in [-0.25, -0.2) is 4.90 Å². The van der Waals surface area contributed by atoms with E-state index in [2.05, 4.69) is 5.32 Å². The normalized spacial score (nSPS) is 30.3. The third-order valence-corrected chi connectivity index (χ3v) is 1.80. The van der Waals surface area contributed by atoms with Gasteiger partial charge < -0.3 is 25.7 Å². The molecular formula is C5H12N2O4. The number of hydrogen-bond donors (Lipinski definition) is 5. The van der Waals surface area contributed by atoms with Crippen molar-refractivity contribution >= 4 is 0 Å². The van der Waals surface area contributed by atoms with E-state index in [4.69, 9.17) is 20.4 Å². The molecule has 1 fully saturated rings. The second-order valence-electron chi connectivity index (χ2n) is 2.71. The van der Waals surface area contributed by atoms with Gasteiger partial charge in [-0.3, -0.25) is 0 Å². The van der Waals surface area contributed by atoms with Crippen molar-refractivity contribution in [3.8, 4) is 0 Å². The summed E-state index contributed by atoms with van der Waals surface area (Å²) in [7, 11) is 1.21. The number of likely N-dealkylation sites (N-methyl/N-ethyl adjacent to an activating group) is 1. The van der Waals surface area contributed by atoms with E-state index in [1.807, 2.05) is 0 Å². The molecule has 0 aromatic carbocycles. The first-order chi connectivity index (χ1) is 4.86. The summed E-state index contributed by atoms with van der Waals surface area (Å²) in [6.45, 7) is -0.237. The Morgan fingerprint density at radius 2 is 1.45 bits per heavy atom. The summed E-state index contributed by atoms with van der Waals surface area (Å²) in [6.07, 6.45) is 0. The summed E-state index contributed by atoms with van der Waals surface area (Å²) in [5.41, 5.74) is 0. The van der Waals surface area contributed by atoms with Crippen molar-refractivity contribution < 1.29 is 20.4 Å². The summed E-state index contributed by atoms with van der Waals surface area (Å²) in [5.74, 6) is -4.41. The molecule has 6 nitrogen and oxygen atoms in total. The fraction of sp³-hybridized carbons (Fsp3) is 1.00. The van der Waals surface area contributed by atoms with Crippen molar-refractivity contribution in [2.45, 2.75) is 11.8 Å². The van der Waals surface area contributed by atoms with Gasteiger partial charge in [0.05, 0.1) is 13.1 Å². The van der Waals surface area contributed by atoms with Gasteiger partial charge in [-0.15, -0.1) is 0 Å². The number of aliphatic hydroxyl groups is 4. The van der Waals surface area contributed by atoms with E-state index in [0.717, 1.165) is 0 Å². The maximum Gasteiger partial charge on any atom is 0.242 e. The first-order valence-electron chi connectivity index (χ1n) is 3.20. The van der Waals surface area contributed by atoms with E-state index in [1.165, 1.54) is 7.05 Å². The maximum absolute atomic E-state index is 9.08. The molecule has 0 amide bonds. The zero-order chi connectivity index (χ0) is 8.70. The summed E-state index contributed by atoms with van der Waals surface area (Å²) >= 11 is 0. The van der Waals surface area contributed by atoms with Crippen LogP contribution < -0.4 is 5.32 Å². The zero-order valence-corrected chi connectivity index (χ0v) is 6.15. The molecule has 1 aliphatic heterocycles. The predicted octanol–water partition coefficient (Wildman–Crippen LogP) is -3.20. The molecule has 0 radical (unpaired) electrons. The van der Waals surface area contributed by atoms with E-state index in [1.54, 1.807) is 0 Å². The zero-order valence-electron chi connectivity index (χ0n) is 6.15. The highest BCUT2D eigenvalue weighted by atomic mass is 16.6. The minimum Gasteiger partial charge on any atom is -0.352 e. The van der Waals surface area contributed by atoms with E-state index in [-0.39, 0.29) is 13.1 Å². The van der Waals surface area contributed by atoms with Gasteiger partial charge in [-0.2, -0.15) is 0 Å². The van der Waals surface area contributed by atoms with E-state index in [9.17, 15) is 0 Å². The van der Waals surface area contributed by atoms with Gasteiger partial charge in [0.1, 0.15) is 0 Å². The Labute approximate surface area is 63.7 Å². The molecule has 5 N–H and O–H groups in total. The summed E-state index contributed by atoms with van der Waals surface area (Å²) < 4.78 is 0. The van der Waals surface area contributed by atoms with Gasteiger partial charge in [0.25, 0.3) is 0 Å². The van der Waals surface area contributed by atoms with E-state index >= 15 is 0 Å². The van der Waals surface area contributed by atoms with Gasteiger partial charge in [-0.05, 0) is 7.05 Å². The van der Waals surface area contributed by atoms with Gasteiger partial charge in [0, 0.05) is 0 Å². The number of nitrogens with one attached hydrogen (secondary N) is 1. The molecule has 0 unspecified atom stereocenters. The molecule has 0 saturated carbocycles. The molecule has 1 saturated heterocycles. The van der Waals surface area contributed by atoms with Crippen LogP contribution in [0.3, 0.4) is 0 Å². The Balaban J connectivity index is 2.76. The average Bonchev–Trinajstić information content (AvgIpc) is 1.82. The molecule has 1 heterocycles. The lowest BCUT2D eigenvalue weighted by Crippen LogP contribution is -2.70. The van der Waals surface area contributed by atoms with Crippen LogP contribution in [0.1, 0.15) is 0 Å². The number of β-amino-alcohol motifs (C(OH)–C–C–N with tert-alkyl or cyclic N) is 4. The topological polar surface area (TPSA) is 96.2 Å². The molecular weight excluding hydrogens is 152 g/mol.